The molecule has 0 aliphatic heterocycles. The Morgan fingerprint density at radius 1 is 1.40 bits per heavy atom. The molecule has 1 aliphatic carbocycles. The molecule has 20 heavy (non-hydrogen) atoms. The minimum absolute atomic E-state index is 0.114. The molecule has 1 saturated carbocycles. The van der Waals surface area contributed by atoms with Gasteiger partial charge >= 0.3 is 0 Å². The van der Waals surface area contributed by atoms with Gasteiger partial charge in [-0.1, -0.05) is 6.08 Å². The first-order valence-corrected chi connectivity index (χ1v) is 7.11. The molecule has 1 aliphatic rings. The maximum Gasteiger partial charge on any atom is 0.232 e. The molecule has 0 radical (unpaired) electrons. The Balaban J connectivity index is 1.70. The van der Waals surface area contributed by atoms with Gasteiger partial charge in [-0.05, 0) is 32.1 Å². The topological polar surface area (TPSA) is 64.1 Å². The van der Waals surface area contributed by atoms with Crippen LogP contribution in [0.3, 0.4) is 0 Å². The summed E-state index contributed by atoms with van der Waals surface area (Å²) in [5, 5.41) is 3.07. The van der Waals surface area contributed by atoms with E-state index in [2.05, 4.69) is 21.9 Å². The van der Waals surface area contributed by atoms with Crippen LogP contribution in [0.4, 0.5) is 0 Å². The fourth-order valence-corrected chi connectivity index (χ4v) is 2.38. The second-order valence-corrected chi connectivity index (χ2v) is 5.03. The first kappa shape index (κ1) is 14.5. The van der Waals surface area contributed by atoms with Crippen LogP contribution in [0.2, 0.25) is 0 Å². The van der Waals surface area contributed by atoms with Gasteiger partial charge in [0.25, 0.3) is 0 Å². The van der Waals surface area contributed by atoms with Crippen molar-refractivity contribution in [2.24, 2.45) is 0 Å². The van der Waals surface area contributed by atoms with Crippen molar-refractivity contribution in [1.82, 2.24) is 15.3 Å². The van der Waals surface area contributed by atoms with Crippen LogP contribution in [-0.4, -0.2) is 28.0 Å². The molecule has 1 heterocycles. The zero-order valence-corrected chi connectivity index (χ0v) is 11.6. The van der Waals surface area contributed by atoms with Crippen molar-refractivity contribution < 1.29 is 9.53 Å². The van der Waals surface area contributed by atoms with Crippen molar-refractivity contribution in [2.45, 2.75) is 50.7 Å². The minimum Gasteiger partial charge on any atom is -0.473 e. The number of hydrogen-bond acceptors (Lipinski definition) is 4. The van der Waals surface area contributed by atoms with Crippen LogP contribution in [-0.2, 0) is 4.79 Å². The smallest absolute Gasteiger partial charge is 0.232 e. The third kappa shape index (κ3) is 4.64. The second kappa shape index (κ2) is 7.62. The molecule has 5 nitrogen and oxygen atoms in total. The molecule has 1 N–H and O–H groups in total. The highest BCUT2D eigenvalue weighted by atomic mass is 16.5. The quantitative estimate of drug-likeness (QED) is 0.809. The molecule has 0 unspecified atom stereocenters. The Bertz CT molecular complexity index is 428. The maximum atomic E-state index is 11.6. The molecule has 2 rings (SSSR count). The molecule has 1 aromatic heterocycles. The van der Waals surface area contributed by atoms with Crippen LogP contribution in [0.1, 0.15) is 38.5 Å². The Morgan fingerprint density at radius 2 is 2.20 bits per heavy atom. The number of carbonyl (C=O) groups excluding carboxylic acids is 1. The fourth-order valence-electron chi connectivity index (χ4n) is 2.38. The molecule has 0 atom stereocenters. The van der Waals surface area contributed by atoms with E-state index in [9.17, 15) is 4.79 Å². The molecule has 5 heteroatoms. The Kier molecular flexibility index (Phi) is 5.53. The van der Waals surface area contributed by atoms with Gasteiger partial charge in [-0.3, -0.25) is 9.78 Å². The molecule has 0 aromatic carbocycles. The summed E-state index contributed by atoms with van der Waals surface area (Å²) in [6, 6.07) is 0.272. The van der Waals surface area contributed by atoms with Crippen LogP contribution in [0, 0.1) is 0 Å². The summed E-state index contributed by atoms with van der Waals surface area (Å²) in [7, 11) is 0. The zero-order chi connectivity index (χ0) is 14.2. The van der Waals surface area contributed by atoms with Gasteiger partial charge in [0.05, 0.1) is 6.20 Å². The average Bonchev–Trinajstić information content (AvgIpc) is 2.48. The van der Waals surface area contributed by atoms with Gasteiger partial charge in [0, 0.05) is 24.9 Å². The molecular formula is C15H21N3O2. The van der Waals surface area contributed by atoms with Gasteiger partial charge in [-0.25, -0.2) is 4.98 Å². The highest BCUT2D eigenvalue weighted by Crippen LogP contribution is 2.22. The summed E-state index contributed by atoms with van der Waals surface area (Å²) in [5.74, 6) is 0.689. The van der Waals surface area contributed by atoms with Crippen LogP contribution >= 0.6 is 0 Å². The standard InChI is InChI=1S/C15H21N3O2/c1-2-3-4-14(19)18-12-5-7-13(8-6-12)20-15-11-16-9-10-17-15/h2,9-13H,1,3-8H2,(H,18,19). The van der Waals surface area contributed by atoms with Crippen molar-refractivity contribution in [1.29, 1.82) is 0 Å². The lowest BCUT2D eigenvalue weighted by molar-refractivity contribution is -0.122. The molecular weight excluding hydrogens is 254 g/mol. The van der Waals surface area contributed by atoms with Crippen molar-refractivity contribution >= 4 is 5.91 Å². The van der Waals surface area contributed by atoms with Gasteiger partial charge in [0.1, 0.15) is 6.10 Å². The molecule has 0 saturated heterocycles. The number of nitrogens with one attached hydrogen (secondary N) is 1. The van der Waals surface area contributed by atoms with Crippen molar-refractivity contribution in [2.75, 3.05) is 0 Å². The number of allylic oxidation sites excluding steroid dienone is 1. The first-order chi connectivity index (χ1) is 9.78. The number of carbonyl (C=O) groups is 1. The van der Waals surface area contributed by atoms with Crippen molar-refractivity contribution in [3.8, 4) is 5.88 Å². The summed E-state index contributed by atoms with van der Waals surface area (Å²) in [6.07, 6.45) is 11.9. The normalized spacial score (nSPS) is 22.0. The molecule has 1 amide bonds. The third-order valence-corrected chi connectivity index (χ3v) is 3.44. The summed E-state index contributed by atoms with van der Waals surface area (Å²) in [4.78, 5) is 19.7. The van der Waals surface area contributed by atoms with E-state index in [-0.39, 0.29) is 18.1 Å². The highest BCUT2D eigenvalue weighted by molar-refractivity contribution is 5.76. The van der Waals surface area contributed by atoms with Gasteiger partial charge in [0.15, 0.2) is 0 Å². The summed E-state index contributed by atoms with van der Waals surface area (Å²) in [5.41, 5.74) is 0. The minimum atomic E-state index is 0.114. The maximum absolute atomic E-state index is 11.6. The van der Waals surface area contributed by atoms with E-state index in [1.807, 2.05) is 0 Å². The SMILES string of the molecule is C=CCCC(=O)NC1CCC(Oc2cnccn2)CC1. The molecule has 1 fully saturated rings. The lowest BCUT2D eigenvalue weighted by Crippen LogP contribution is -2.39. The monoisotopic (exact) mass is 275 g/mol. The van der Waals surface area contributed by atoms with Gasteiger partial charge < -0.3 is 10.1 Å². The number of nitrogens with zero attached hydrogens (tertiary/aromatic N) is 2. The van der Waals surface area contributed by atoms with Gasteiger partial charge in [-0.2, -0.15) is 0 Å². The van der Waals surface area contributed by atoms with Crippen molar-refractivity contribution in [3.05, 3.63) is 31.2 Å². The second-order valence-electron chi connectivity index (χ2n) is 5.03. The number of amides is 1. The summed E-state index contributed by atoms with van der Waals surface area (Å²) >= 11 is 0. The van der Waals surface area contributed by atoms with Crippen LogP contribution in [0.15, 0.2) is 31.2 Å². The number of aromatic nitrogens is 2. The van der Waals surface area contributed by atoms with E-state index >= 15 is 0 Å². The Morgan fingerprint density at radius 3 is 2.85 bits per heavy atom. The number of rotatable bonds is 6. The average molecular weight is 275 g/mol. The fraction of sp³-hybridized carbons (Fsp3) is 0.533. The zero-order valence-electron chi connectivity index (χ0n) is 11.6. The lowest BCUT2D eigenvalue weighted by Gasteiger charge is -2.29. The summed E-state index contributed by atoms with van der Waals surface area (Å²) < 4.78 is 5.77. The third-order valence-electron chi connectivity index (χ3n) is 3.44. The molecule has 0 bridgehead atoms. The van der Waals surface area contributed by atoms with Gasteiger partial charge in [-0.15, -0.1) is 6.58 Å². The Hall–Kier alpha value is -1.91. The van der Waals surface area contributed by atoms with Crippen LogP contribution in [0.25, 0.3) is 0 Å². The van der Waals surface area contributed by atoms with Crippen molar-refractivity contribution in [3.63, 3.8) is 0 Å². The first-order valence-electron chi connectivity index (χ1n) is 7.11. The molecule has 1 aromatic rings. The van der Waals surface area contributed by atoms with E-state index in [4.69, 9.17) is 4.74 Å². The largest absolute Gasteiger partial charge is 0.473 e. The van der Waals surface area contributed by atoms with E-state index in [1.165, 1.54) is 0 Å². The van der Waals surface area contributed by atoms with E-state index in [0.717, 1.165) is 32.1 Å². The van der Waals surface area contributed by atoms with E-state index in [0.29, 0.717) is 12.3 Å². The predicted molar refractivity (Wildman–Crippen MR) is 76.3 cm³/mol. The lowest BCUT2D eigenvalue weighted by atomic mass is 9.93. The molecule has 108 valence electrons. The van der Waals surface area contributed by atoms with Crippen LogP contribution in [0.5, 0.6) is 5.88 Å². The summed E-state index contributed by atoms with van der Waals surface area (Å²) in [6.45, 7) is 3.62. The highest BCUT2D eigenvalue weighted by Gasteiger charge is 2.23. The Labute approximate surface area is 119 Å². The van der Waals surface area contributed by atoms with Gasteiger partial charge in [0.2, 0.25) is 11.8 Å². The van der Waals surface area contributed by atoms with E-state index in [1.54, 1.807) is 24.7 Å². The number of hydrogen-bond donors (Lipinski definition) is 1. The predicted octanol–water partition coefficient (Wildman–Crippen LogP) is 2.25. The van der Waals surface area contributed by atoms with E-state index < -0.39 is 0 Å². The van der Waals surface area contributed by atoms with Crippen LogP contribution < -0.4 is 10.1 Å². The molecule has 0 spiro atoms. The number of ether oxygens (including phenoxy) is 1.